The van der Waals surface area contributed by atoms with Crippen molar-refractivity contribution in [3.05, 3.63) is 71.4 Å². The Balaban J connectivity index is 1.49. The number of halogens is 1. The van der Waals surface area contributed by atoms with Crippen LogP contribution in [0.15, 0.2) is 58.2 Å². The molecule has 1 amide bonds. The second-order valence-electron chi connectivity index (χ2n) is 6.64. The highest BCUT2D eigenvalue weighted by Gasteiger charge is 2.18. The number of hydrogen-bond donors (Lipinski definition) is 0. The van der Waals surface area contributed by atoms with E-state index in [9.17, 15) is 9.18 Å². The van der Waals surface area contributed by atoms with Crippen molar-refractivity contribution in [2.24, 2.45) is 0 Å². The molecule has 0 aliphatic carbocycles. The minimum Gasteiger partial charge on any atom is -0.481 e. The van der Waals surface area contributed by atoms with Crippen LogP contribution >= 0.6 is 11.8 Å². The molecular formula is C21H22FN3O3S. The molecule has 1 aromatic heterocycles. The monoisotopic (exact) mass is 415 g/mol. The molecule has 6 nitrogen and oxygen atoms in total. The second-order valence-corrected chi connectivity index (χ2v) is 7.57. The first kappa shape index (κ1) is 20.9. The lowest BCUT2D eigenvalue weighted by molar-refractivity contribution is -0.127. The zero-order chi connectivity index (χ0) is 20.8. The fraction of sp³-hybridized carbons (Fsp3) is 0.286. The van der Waals surface area contributed by atoms with Gasteiger partial charge < -0.3 is 14.1 Å². The van der Waals surface area contributed by atoms with E-state index in [4.69, 9.17) is 9.15 Å². The number of benzene rings is 2. The molecular weight excluding hydrogens is 393 g/mol. The van der Waals surface area contributed by atoms with E-state index in [2.05, 4.69) is 10.2 Å². The summed E-state index contributed by atoms with van der Waals surface area (Å²) in [7, 11) is 1.76. The Morgan fingerprint density at radius 2 is 1.86 bits per heavy atom. The first-order chi connectivity index (χ1) is 13.9. The van der Waals surface area contributed by atoms with Crippen molar-refractivity contribution in [1.29, 1.82) is 0 Å². The lowest BCUT2D eigenvalue weighted by Gasteiger charge is -2.16. The molecule has 0 aliphatic rings. The molecule has 1 heterocycles. The number of rotatable bonds is 8. The Morgan fingerprint density at radius 3 is 2.55 bits per heavy atom. The average molecular weight is 415 g/mol. The molecule has 2 aromatic carbocycles. The van der Waals surface area contributed by atoms with Crippen LogP contribution in [0.25, 0.3) is 0 Å². The van der Waals surface area contributed by atoms with E-state index in [1.54, 1.807) is 18.9 Å². The van der Waals surface area contributed by atoms with Gasteiger partial charge in [0, 0.05) is 13.6 Å². The molecule has 0 bridgehead atoms. The van der Waals surface area contributed by atoms with Crippen molar-refractivity contribution in [1.82, 2.24) is 15.1 Å². The number of hydrogen-bond acceptors (Lipinski definition) is 6. The second kappa shape index (κ2) is 9.56. The Bertz CT molecular complexity index is 945. The van der Waals surface area contributed by atoms with Gasteiger partial charge >= 0.3 is 0 Å². The summed E-state index contributed by atoms with van der Waals surface area (Å²) in [6.45, 7) is 4.32. The third-order valence-electron chi connectivity index (χ3n) is 4.18. The van der Waals surface area contributed by atoms with Crippen molar-refractivity contribution in [3.63, 3.8) is 0 Å². The van der Waals surface area contributed by atoms with Crippen molar-refractivity contribution >= 4 is 17.7 Å². The molecule has 0 aliphatic heterocycles. The Hall–Kier alpha value is -2.87. The number of carbonyl (C=O) groups excluding carboxylic acids is 1. The molecule has 152 valence electrons. The van der Waals surface area contributed by atoms with Crippen LogP contribution < -0.4 is 4.74 Å². The molecule has 1 unspecified atom stereocenters. The van der Waals surface area contributed by atoms with Gasteiger partial charge in [-0.15, -0.1) is 10.2 Å². The minimum atomic E-state index is -0.498. The van der Waals surface area contributed by atoms with Crippen molar-refractivity contribution in [3.8, 4) is 5.75 Å². The number of carbonyl (C=O) groups is 1. The van der Waals surface area contributed by atoms with E-state index in [0.717, 1.165) is 5.56 Å². The maximum atomic E-state index is 13.0. The highest BCUT2D eigenvalue weighted by molar-refractivity contribution is 7.99. The van der Waals surface area contributed by atoms with Crippen LogP contribution in [-0.4, -0.2) is 33.8 Å². The number of nitrogens with zero attached hydrogens (tertiary/aromatic N) is 3. The summed E-state index contributed by atoms with van der Waals surface area (Å²) in [4.78, 5) is 14.0. The third kappa shape index (κ3) is 6.05. The summed E-state index contributed by atoms with van der Waals surface area (Å²) in [6.07, 6.45) is -0.498. The van der Waals surface area contributed by atoms with E-state index < -0.39 is 6.10 Å². The van der Waals surface area contributed by atoms with Gasteiger partial charge in [0.2, 0.25) is 5.91 Å². The van der Waals surface area contributed by atoms with Gasteiger partial charge in [-0.2, -0.15) is 0 Å². The molecule has 0 saturated carbocycles. The highest BCUT2D eigenvalue weighted by atomic mass is 32.2. The van der Waals surface area contributed by atoms with Crippen LogP contribution in [0.3, 0.4) is 0 Å². The quantitative estimate of drug-likeness (QED) is 0.508. The normalized spacial score (nSPS) is 11.9. The van der Waals surface area contributed by atoms with E-state index >= 15 is 0 Å². The SMILES string of the molecule is Cc1ccc(CN(C)C(=O)CSc2nnc(C(C)Oc3ccc(F)cc3)o2)cc1. The summed E-state index contributed by atoms with van der Waals surface area (Å²) >= 11 is 1.18. The molecule has 29 heavy (non-hydrogen) atoms. The zero-order valence-electron chi connectivity index (χ0n) is 16.5. The predicted molar refractivity (Wildman–Crippen MR) is 108 cm³/mol. The van der Waals surface area contributed by atoms with Crippen LogP contribution in [-0.2, 0) is 11.3 Å². The van der Waals surface area contributed by atoms with Crippen LogP contribution in [0.1, 0.15) is 30.0 Å². The molecule has 0 saturated heterocycles. The maximum absolute atomic E-state index is 13.0. The molecule has 0 N–H and O–H groups in total. The largest absolute Gasteiger partial charge is 0.481 e. The van der Waals surface area contributed by atoms with Gasteiger partial charge in [-0.1, -0.05) is 41.6 Å². The topological polar surface area (TPSA) is 68.5 Å². The molecule has 3 aromatic rings. The van der Waals surface area contributed by atoms with Gasteiger partial charge in [0.1, 0.15) is 11.6 Å². The van der Waals surface area contributed by atoms with Crippen molar-refractivity contribution < 1.29 is 18.3 Å². The van der Waals surface area contributed by atoms with Gasteiger partial charge in [-0.3, -0.25) is 4.79 Å². The lowest BCUT2D eigenvalue weighted by Crippen LogP contribution is -2.27. The number of aromatic nitrogens is 2. The van der Waals surface area contributed by atoms with Gasteiger partial charge in [-0.05, 0) is 43.7 Å². The molecule has 0 spiro atoms. The Kier molecular flexibility index (Phi) is 6.87. The smallest absolute Gasteiger partial charge is 0.277 e. The van der Waals surface area contributed by atoms with Crippen LogP contribution in [0, 0.1) is 12.7 Å². The first-order valence-corrected chi connectivity index (χ1v) is 10.1. The number of ether oxygens (including phenoxy) is 1. The van der Waals surface area contributed by atoms with E-state index in [-0.39, 0.29) is 23.4 Å². The van der Waals surface area contributed by atoms with Gasteiger partial charge in [-0.25, -0.2) is 4.39 Å². The van der Waals surface area contributed by atoms with Gasteiger partial charge in [0.05, 0.1) is 5.75 Å². The Labute approximate surface area is 173 Å². The highest BCUT2D eigenvalue weighted by Crippen LogP contribution is 2.24. The summed E-state index contributed by atoms with van der Waals surface area (Å²) in [5.74, 6) is 0.609. The molecule has 8 heteroatoms. The summed E-state index contributed by atoms with van der Waals surface area (Å²) < 4.78 is 24.2. The van der Waals surface area contributed by atoms with Gasteiger partial charge in [0.15, 0.2) is 6.10 Å². The fourth-order valence-electron chi connectivity index (χ4n) is 2.50. The zero-order valence-corrected chi connectivity index (χ0v) is 17.3. The number of thioether (sulfide) groups is 1. The summed E-state index contributed by atoms with van der Waals surface area (Å²) in [5, 5.41) is 8.22. The average Bonchev–Trinajstić information content (AvgIpc) is 3.19. The van der Waals surface area contributed by atoms with Gasteiger partial charge in [0.25, 0.3) is 11.1 Å². The predicted octanol–water partition coefficient (Wildman–Crippen LogP) is 4.41. The van der Waals surface area contributed by atoms with Crippen LogP contribution in [0.5, 0.6) is 5.75 Å². The summed E-state index contributed by atoms with van der Waals surface area (Å²) in [5.41, 5.74) is 2.26. The standard InChI is InChI=1S/C21H22FN3O3S/c1-14-4-6-16(7-5-14)12-25(3)19(26)13-29-21-24-23-20(28-21)15(2)27-18-10-8-17(22)9-11-18/h4-11,15H,12-13H2,1-3H3. The molecule has 3 rings (SSSR count). The molecule has 1 atom stereocenters. The van der Waals surface area contributed by atoms with E-state index in [0.29, 0.717) is 17.5 Å². The Morgan fingerprint density at radius 1 is 1.17 bits per heavy atom. The van der Waals surface area contributed by atoms with E-state index in [1.807, 2.05) is 31.2 Å². The number of amides is 1. The van der Waals surface area contributed by atoms with Crippen molar-refractivity contribution in [2.45, 2.75) is 31.7 Å². The molecule has 0 radical (unpaired) electrons. The summed E-state index contributed by atoms with van der Waals surface area (Å²) in [6, 6.07) is 13.8. The molecule has 0 fully saturated rings. The maximum Gasteiger partial charge on any atom is 0.277 e. The van der Waals surface area contributed by atoms with E-state index in [1.165, 1.54) is 41.6 Å². The number of aryl methyl sites for hydroxylation is 1. The lowest BCUT2D eigenvalue weighted by atomic mass is 10.1. The minimum absolute atomic E-state index is 0.0362. The first-order valence-electron chi connectivity index (χ1n) is 9.08. The fourth-order valence-corrected chi connectivity index (χ4v) is 3.21. The van der Waals surface area contributed by atoms with Crippen molar-refractivity contribution in [2.75, 3.05) is 12.8 Å². The third-order valence-corrected chi connectivity index (χ3v) is 4.98. The van der Waals surface area contributed by atoms with Crippen LogP contribution in [0.2, 0.25) is 0 Å². The van der Waals surface area contributed by atoms with Crippen LogP contribution in [0.4, 0.5) is 4.39 Å².